The van der Waals surface area contributed by atoms with E-state index in [1.165, 1.54) is 11.1 Å². The van der Waals surface area contributed by atoms with Crippen molar-refractivity contribution < 1.29 is 0 Å². The van der Waals surface area contributed by atoms with Gasteiger partial charge < -0.3 is 5.32 Å². The Morgan fingerprint density at radius 3 is 2.94 bits per heavy atom. The fourth-order valence-corrected chi connectivity index (χ4v) is 3.24. The molecule has 98 valence electrons. The second-order valence-electron chi connectivity index (χ2n) is 5.23. The summed E-state index contributed by atoms with van der Waals surface area (Å²) < 4.78 is 0. The van der Waals surface area contributed by atoms with Gasteiger partial charge in [-0.25, -0.2) is 0 Å². The number of nitrogens with zero attached hydrogens (tertiary/aromatic N) is 1. The highest BCUT2D eigenvalue weighted by molar-refractivity contribution is 8.14. The summed E-state index contributed by atoms with van der Waals surface area (Å²) in [6, 6.07) is 9.27. The molecule has 1 aliphatic heterocycles. The smallest absolute Gasteiger partial charge is 0.156 e. The summed E-state index contributed by atoms with van der Waals surface area (Å²) in [5.41, 5.74) is 2.70. The van der Waals surface area contributed by atoms with E-state index < -0.39 is 0 Å². The highest BCUT2D eigenvalue weighted by atomic mass is 32.2. The first-order valence-corrected chi connectivity index (χ1v) is 7.63. The summed E-state index contributed by atoms with van der Waals surface area (Å²) in [4.78, 5) is 4.65. The summed E-state index contributed by atoms with van der Waals surface area (Å²) in [7, 11) is 0. The van der Waals surface area contributed by atoms with Crippen LogP contribution in [0.1, 0.15) is 25.0 Å². The number of hydrogen-bond donors (Lipinski definition) is 1. The molecule has 0 aliphatic carbocycles. The van der Waals surface area contributed by atoms with Gasteiger partial charge in [0, 0.05) is 18.3 Å². The molecule has 1 aromatic rings. The van der Waals surface area contributed by atoms with Gasteiger partial charge in [-0.1, -0.05) is 55.4 Å². The average molecular weight is 262 g/mol. The molecule has 1 aliphatic rings. The Morgan fingerprint density at radius 2 is 2.28 bits per heavy atom. The Balaban J connectivity index is 1.82. The quantitative estimate of drug-likeness (QED) is 0.900. The number of aliphatic imine (C=N–C) groups is 1. The van der Waals surface area contributed by atoms with Gasteiger partial charge >= 0.3 is 0 Å². The van der Waals surface area contributed by atoms with Gasteiger partial charge in [0.25, 0.3) is 0 Å². The zero-order chi connectivity index (χ0) is 13.0. The third-order valence-electron chi connectivity index (χ3n) is 3.25. The molecule has 1 heterocycles. The van der Waals surface area contributed by atoms with Gasteiger partial charge in [-0.05, 0) is 24.8 Å². The van der Waals surface area contributed by atoms with Crippen LogP contribution in [0.5, 0.6) is 0 Å². The number of rotatable bonds is 4. The molecule has 0 spiro atoms. The van der Waals surface area contributed by atoms with Crippen LogP contribution in [0.15, 0.2) is 29.3 Å². The van der Waals surface area contributed by atoms with Gasteiger partial charge in [0.05, 0.1) is 0 Å². The van der Waals surface area contributed by atoms with E-state index in [4.69, 9.17) is 0 Å². The van der Waals surface area contributed by atoms with Crippen LogP contribution in [0.2, 0.25) is 0 Å². The van der Waals surface area contributed by atoms with Gasteiger partial charge in [-0.15, -0.1) is 0 Å². The maximum Gasteiger partial charge on any atom is 0.156 e. The van der Waals surface area contributed by atoms with E-state index in [-0.39, 0.29) is 0 Å². The van der Waals surface area contributed by atoms with Crippen LogP contribution in [0.3, 0.4) is 0 Å². The molecule has 18 heavy (non-hydrogen) atoms. The normalized spacial score (nSPS) is 21.6. The molecule has 1 fully saturated rings. The van der Waals surface area contributed by atoms with Gasteiger partial charge in [0.1, 0.15) is 0 Å². The Bertz CT molecular complexity index is 426. The molecular formula is C15H22N2S. The van der Waals surface area contributed by atoms with Gasteiger partial charge in [-0.2, -0.15) is 0 Å². The summed E-state index contributed by atoms with van der Waals surface area (Å²) >= 11 is 1.86. The first kappa shape index (κ1) is 13.5. The van der Waals surface area contributed by atoms with Crippen molar-refractivity contribution in [3.05, 3.63) is 35.4 Å². The lowest BCUT2D eigenvalue weighted by Gasteiger charge is -2.13. The predicted molar refractivity (Wildman–Crippen MR) is 81.4 cm³/mol. The number of aryl methyl sites for hydroxylation is 1. The second kappa shape index (κ2) is 6.28. The van der Waals surface area contributed by atoms with Crippen LogP contribution < -0.4 is 5.32 Å². The van der Waals surface area contributed by atoms with Crippen LogP contribution in [0.25, 0.3) is 0 Å². The molecule has 0 bridgehead atoms. The van der Waals surface area contributed by atoms with E-state index >= 15 is 0 Å². The summed E-state index contributed by atoms with van der Waals surface area (Å²) in [5, 5.41) is 4.63. The number of nitrogens with one attached hydrogen (secondary N) is 1. The molecule has 0 radical (unpaired) electrons. The Labute approximate surface area is 114 Å². The zero-order valence-electron chi connectivity index (χ0n) is 11.4. The van der Waals surface area contributed by atoms with E-state index in [0.29, 0.717) is 12.0 Å². The number of thioether (sulfide) groups is 1. The summed E-state index contributed by atoms with van der Waals surface area (Å²) in [6.07, 6.45) is 1.03. The van der Waals surface area contributed by atoms with Crippen molar-refractivity contribution in [3.8, 4) is 0 Å². The highest BCUT2D eigenvalue weighted by Crippen LogP contribution is 2.19. The maximum absolute atomic E-state index is 4.65. The minimum atomic E-state index is 0.590. The van der Waals surface area contributed by atoms with Crippen LogP contribution >= 0.6 is 11.8 Å². The minimum Gasteiger partial charge on any atom is -0.361 e. The molecule has 1 saturated heterocycles. The number of benzene rings is 1. The third-order valence-corrected chi connectivity index (χ3v) is 4.30. The standard InChI is InChI=1S/C15H22N2S/c1-11(2)14-10-18-15(17-14)16-8-7-13-6-4-5-12(3)9-13/h4-6,9,11,14H,7-8,10H2,1-3H3,(H,16,17)/t14-/m1/s1. The Hall–Kier alpha value is -0.960. The van der Waals surface area contributed by atoms with Crippen molar-refractivity contribution in [2.24, 2.45) is 10.9 Å². The molecule has 1 atom stereocenters. The molecule has 2 nitrogen and oxygen atoms in total. The average Bonchev–Trinajstić information content (AvgIpc) is 2.78. The van der Waals surface area contributed by atoms with E-state index in [2.05, 4.69) is 55.3 Å². The molecule has 1 N–H and O–H groups in total. The third kappa shape index (κ3) is 3.77. The van der Waals surface area contributed by atoms with Gasteiger partial charge in [-0.3, -0.25) is 4.99 Å². The van der Waals surface area contributed by atoms with Crippen LogP contribution in [0, 0.1) is 12.8 Å². The van der Waals surface area contributed by atoms with Crippen LogP contribution in [-0.2, 0) is 6.42 Å². The first-order valence-electron chi connectivity index (χ1n) is 6.64. The lowest BCUT2D eigenvalue weighted by molar-refractivity contribution is 0.503. The van der Waals surface area contributed by atoms with Crippen molar-refractivity contribution in [1.29, 1.82) is 0 Å². The van der Waals surface area contributed by atoms with Crippen molar-refractivity contribution in [3.63, 3.8) is 0 Å². The largest absolute Gasteiger partial charge is 0.361 e. The Morgan fingerprint density at radius 1 is 1.44 bits per heavy atom. The second-order valence-corrected chi connectivity index (χ2v) is 6.24. The molecule has 0 saturated carbocycles. The zero-order valence-corrected chi connectivity index (χ0v) is 12.3. The Kier molecular flexibility index (Phi) is 4.70. The summed E-state index contributed by atoms with van der Waals surface area (Å²) in [6.45, 7) is 7.53. The topological polar surface area (TPSA) is 24.4 Å². The van der Waals surface area contributed by atoms with Crippen LogP contribution in [0.4, 0.5) is 0 Å². The lowest BCUT2D eigenvalue weighted by Crippen LogP contribution is -2.31. The molecule has 0 unspecified atom stereocenters. The number of hydrogen-bond acceptors (Lipinski definition) is 2. The lowest BCUT2D eigenvalue weighted by atomic mass is 10.1. The van der Waals surface area contributed by atoms with E-state index in [9.17, 15) is 0 Å². The van der Waals surface area contributed by atoms with Crippen LogP contribution in [-0.4, -0.2) is 23.5 Å². The van der Waals surface area contributed by atoms with Crippen molar-refractivity contribution >= 4 is 16.9 Å². The predicted octanol–water partition coefficient (Wildman–Crippen LogP) is 3.25. The maximum atomic E-state index is 4.65. The van der Waals surface area contributed by atoms with Gasteiger partial charge in [0.2, 0.25) is 0 Å². The van der Waals surface area contributed by atoms with Gasteiger partial charge in [0.15, 0.2) is 5.17 Å². The van der Waals surface area contributed by atoms with E-state index in [1.54, 1.807) is 0 Å². The van der Waals surface area contributed by atoms with E-state index in [1.807, 2.05) is 11.8 Å². The van der Waals surface area contributed by atoms with E-state index in [0.717, 1.165) is 23.9 Å². The molecular weight excluding hydrogens is 240 g/mol. The van der Waals surface area contributed by atoms with Crippen molar-refractivity contribution in [1.82, 2.24) is 5.32 Å². The fraction of sp³-hybridized carbons (Fsp3) is 0.533. The fourth-order valence-electron chi connectivity index (χ4n) is 2.02. The molecule has 1 aromatic carbocycles. The molecule has 3 heteroatoms. The SMILES string of the molecule is Cc1cccc(CCN=C2N[C@@H](C(C)C)CS2)c1. The monoisotopic (exact) mass is 262 g/mol. The molecule has 2 rings (SSSR count). The minimum absolute atomic E-state index is 0.590. The van der Waals surface area contributed by atoms with Crippen molar-refractivity contribution in [2.45, 2.75) is 33.2 Å². The molecule has 0 aromatic heterocycles. The number of amidine groups is 1. The van der Waals surface area contributed by atoms with Crippen molar-refractivity contribution in [2.75, 3.05) is 12.3 Å². The highest BCUT2D eigenvalue weighted by Gasteiger charge is 2.22. The molecule has 0 amide bonds. The first-order chi connectivity index (χ1) is 8.65. The summed E-state index contributed by atoms with van der Waals surface area (Å²) in [5.74, 6) is 1.84.